The Bertz CT molecular complexity index is 509. The van der Waals surface area contributed by atoms with Gasteiger partial charge in [0.05, 0.1) is 7.11 Å². The third-order valence-corrected chi connectivity index (χ3v) is 2.93. The molecule has 0 aliphatic heterocycles. The molecule has 1 aromatic rings. The Hall–Kier alpha value is -2.24. The molecule has 0 bridgehead atoms. The number of rotatable bonds is 5. The summed E-state index contributed by atoms with van der Waals surface area (Å²) < 4.78 is 5.12. The zero-order chi connectivity index (χ0) is 16.0. The summed E-state index contributed by atoms with van der Waals surface area (Å²) in [6, 6.07) is 6.92. The number of hydrogen-bond donors (Lipinski definition) is 2. The van der Waals surface area contributed by atoms with E-state index in [9.17, 15) is 9.59 Å². The molecule has 0 saturated carbocycles. The highest BCUT2D eigenvalue weighted by Gasteiger charge is 2.28. The largest absolute Gasteiger partial charge is 0.497 e. The fourth-order valence-corrected chi connectivity index (χ4v) is 1.80. The number of ether oxygens (including phenoxy) is 1. The normalized spacial score (nSPS) is 10.9. The summed E-state index contributed by atoms with van der Waals surface area (Å²) in [5, 5.41) is 11.6. The molecule has 6 heteroatoms. The Balaban J connectivity index is 2.71. The monoisotopic (exact) mass is 294 g/mol. The molecule has 6 nitrogen and oxygen atoms in total. The van der Waals surface area contributed by atoms with Crippen molar-refractivity contribution >= 4 is 12.0 Å². The number of methoxy groups -OCH3 is 1. The van der Waals surface area contributed by atoms with E-state index >= 15 is 0 Å². The first-order valence-corrected chi connectivity index (χ1v) is 6.64. The molecule has 0 saturated heterocycles. The van der Waals surface area contributed by atoms with Crippen LogP contribution in [0.5, 0.6) is 5.75 Å². The highest BCUT2D eigenvalue weighted by Crippen LogP contribution is 2.15. The fourth-order valence-electron chi connectivity index (χ4n) is 1.80. The molecule has 1 rings (SSSR count). The van der Waals surface area contributed by atoms with Crippen molar-refractivity contribution in [2.24, 2.45) is 0 Å². The Morgan fingerprint density at radius 2 is 2.00 bits per heavy atom. The van der Waals surface area contributed by atoms with Crippen molar-refractivity contribution < 1.29 is 19.4 Å². The molecule has 21 heavy (non-hydrogen) atoms. The van der Waals surface area contributed by atoms with Crippen LogP contribution in [0.15, 0.2) is 24.3 Å². The van der Waals surface area contributed by atoms with E-state index in [1.807, 2.05) is 24.3 Å². The number of aliphatic carboxylic acids is 1. The standard InChI is InChI=1S/C15H22N2O4/c1-15(2,3)17(10-13(18)19)14(20)16-9-11-6-5-7-12(8-11)21-4/h5-8H,9-10H2,1-4H3,(H,16,20)(H,18,19). The summed E-state index contributed by atoms with van der Waals surface area (Å²) in [7, 11) is 1.58. The molecule has 0 aromatic heterocycles. The predicted molar refractivity (Wildman–Crippen MR) is 79.3 cm³/mol. The molecule has 0 aliphatic rings. The molecule has 0 atom stereocenters. The van der Waals surface area contributed by atoms with Gasteiger partial charge in [-0.1, -0.05) is 12.1 Å². The van der Waals surface area contributed by atoms with E-state index in [1.54, 1.807) is 27.9 Å². The van der Waals surface area contributed by atoms with Crippen LogP contribution in [0.25, 0.3) is 0 Å². The second kappa shape index (κ2) is 6.97. The van der Waals surface area contributed by atoms with Crippen molar-refractivity contribution in [1.29, 1.82) is 0 Å². The molecular weight excluding hydrogens is 272 g/mol. The second-order valence-corrected chi connectivity index (χ2v) is 5.66. The van der Waals surface area contributed by atoms with E-state index < -0.39 is 17.5 Å². The summed E-state index contributed by atoms with van der Waals surface area (Å²) in [6.45, 7) is 5.35. The SMILES string of the molecule is COc1cccc(CNC(=O)N(CC(=O)O)C(C)(C)C)c1. The van der Waals surface area contributed by atoms with Crippen molar-refractivity contribution in [1.82, 2.24) is 10.2 Å². The van der Waals surface area contributed by atoms with Gasteiger partial charge in [0, 0.05) is 12.1 Å². The number of carboxylic acid groups (broad SMARTS) is 1. The summed E-state index contributed by atoms with van der Waals surface area (Å²) in [4.78, 5) is 24.3. The topological polar surface area (TPSA) is 78.9 Å². The Labute approximate surface area is 124 Å². The van der Waals surface area contributed by atoms with Gasteiger partial charge < -0.3 is 20.1 Å². The number of hydrogen-bond acceptors (Lipinski definition) is 3. The summed E-state index contributed by atoms with van der Waals surface area (Å²) >= 11 is 0. The molecule has 1 aromatic carbocycles. The number of urea groups is 1. The molecule has 116 valence electrons. The molecular formula is C15H22N2O4. The van der Waals surface area contributed by atoms with E-state index in [2.05, 4.69) is 5.32 Å². The van der Waals surface area contributed by atoms with Crippen LogP contribution in [0.4, 0.5) is 4.79 Å². The van der Waals surface area contributed by atoms with Gasteiger partial charge in [-0.05, 0) is 38.5 Å². The highest BCUT2D eigenvalue weighted by atomic mass is 16.5. The smallest absolute Gasteiger partial charge is 0.323 e. The molecule has 2 N–H and O–H groups in total. The van der Waals surface area contributed by atoms with Crippen LogP contribution >= 0.6 is 0 Å². The van der Waals surface area contributed by atoms with Crippen LogP contribution in [0.1, 0.15) is 26.3 Å². The van der Waals surface area contributed by atoms with Gasteiger partial charge in [0.1, 0.15) is 12.3 Å². The lowest BCUT2D eigenvalue weighted by molar-refractivity contribution is -0.138. The number of carboxylic acids is 1. The third kappa shape index (κ3) is 5.33. The zero-order valence-corrected chi connectivity index (χ0v) is 12.8. The van der Waals surface area contributed by atoms with Crippen LogP contribution < -0.4 is 10.1 Å². The first-order chi connectivity index (χ1) is 9.74. The van der Waals surface area contributed by atoms with Crippen LogP contribution in [-0.2, 0) is 11.3 Å². The van der Waals surface area contributed by atoms with Crippen molar-refractivity contribution in [2.75, 3.05) is 13.7 Å². The van der Waals surface area contributed by atoms with Gasteiger partial charge in [0.15, 0.2) is 0 Å². The van der Waals surface area contributed by atoms with Crippen LogP contribution in [0.3, 0.4) is 0 Å². The van der Waals surface area contributed by atoms with E-state index in [1.165, 1.54) is 4.90 Å². The lowest BCUT2D eigenvalue weighted by Gasteiger charge is -2.34. The fraction of sp³-hybridized carbons (Fsp3) is 0.467. The van der Waals surface area contributed by atoms with Crippen molar-refractivity contribution in [2.45, 2.75) is 32.9 Å². The van der Waals surface area contributed by atoms with Crippen LogP contribution in [0.2, 0.25) is 0 Å². The molecule has 0 fully saturated rings. The van der Waals surface area contributed by atoms with Crippen LogP contribution in [-0.4, -0.2) is 41.2 Å². The first-order valence-electron chi connectivity index (χ1n) is 6.64. The average Bonchev–Trinajstić information content (AvgIpc) is 2.41. The van der Waals surface area contributed by atoms with Gasteiger partial charge in [-0.3, -0.25) is 4.79 Å². The quantitative estimate of drug-likeness (QED) is 0.871. The summed E-state index contributed by atoms with van der Waals surface area (Å²) in [6.07, 6.45) is 0. The second-order valence-electron chi connectivity index (χ2n) is 5.66. The minimum Gasteiger partial charge on any atom is -0.497 e. The van der Waals surface area contributed by atoms with E-state index in [4.69, 9.17) is 9.84 Å². The van der Waals surface area contributed by atoms with Gasteiger partial charge in [-0.15, -0.1) is 0 Å². The lowest BCUT2D eigenvalue weighted by atomic mass is 10.1. The molecule has 0 unspecified atom stereocenters. The van der Waals surface area contributed by atoms with Gasteiger partial charge in [0.2, 0.25) is 0 Å². The number of amides is 2. The maximum absolute atomic E-state index is 12.2. The highest BCUT2D eigenvalue weighted by molar-refractivity contribution is 5.80. The Kier molecular flexibility index (Phi) is 5.58. The third-order valence-electron chi connectivity index (χ3n) is 2.93. The van der Waals surface area contributed by atoms with Crippen molar-refractivity contribution in [3.8, 4) is 5.75 Å². The number of nitrogens with one attached hydrogen (secondary N) is 1. The van der Waals surface area contributed by atoms with Crippen LogP contribution in [0, 0.1) is 0 Å². The van der Waals surface area contributed by atoms with Gasteiger partial charge in [-0.2, -0.15) is 0 Å². The number of carbonyl (C=O) groups is 2. The molecule has 0 aliphatic carbocycles. The van der Waals surface area contributed by atoms with E-state index in [0.29, 0.717) is 12.3 Å². The number of carbonyl (C=O) groups excluding carboxylic acids is 1. The average molecular weight is 294 g/mol. The molecule has 2 amide bonds. The minimum absolute atomic E-state index is 0.308. The van der Waals surface area contributed by atoms with Crippen molar-refractivity contribution in [3.05, 3.63) is 29.8 Å². The van der Waals surface area contributed by atoms with Gasteiger partial charge in [0.25, 0.3) is 0 Å². The number of benzene rings is 1. The molecule has 0 radical (unpaired) electrons. The first kappa shape index (κ1) is 16.8. The Morgan fingerprint density at radius 1 is 1.33 bits per heavy atom. The maximum Gasteiger partial charge on any atom is 0.323 e. The minimum atomic E-state index is -1.04. The van der Waals surface area contributed by atoms with Crippen molar-refractivity contribution in [3.63, 3.8) is 0 Å². The molecule has 0 spiro atoms. The summed E-state index contributed by atoms with van der Waals surface area (Å²) in [5.41, 5.74) is 0.309. The van der Waals surface area contributed by atoms with Gasteiger partial charge >= 0.3 is 12.0 Å². The molecule has 0 heterocycles. The van der Waals surface area contributed by atoms with E-state index in [0.717, 1.165) is 5.56 Å². The zero-order valence-electron chi connectivity index (χ0n) is 12.8. The maximum atomic E-state index is 12.2. The number of nitrogens with zero attached hydrogens (tertiary/aromatic N) is 1. The van der Waals surface area contributed by atoms with E-state index in [-0.39, 0.29) is 6.54 Å². The van der Waals surface area contributed by atoms with Gasteiger partial charge in [-0.25, -0.2) is 4.79 Å². The predicted octanol–water partition coefficient (Wildman–Crippen LogP) is 2.09. The Morgan fingerprint density at radius 3 is 2.52 bits per heavy atom. The lowest BCUT2D eigenvalue weighted by Crippen LogP contribution is -2.52. The summed E-state index contributed by atoms with van der Waals surface area (Å²) in [5.74, 6) is -0.332.